The van der Waals surface area contributed by atoms with Gasteiger partial charge in [-0.3, -0.25) is 9.59 Å². The van der Waals surface area contributed by atoms with E-state index in [4.69, 9.17) is 22.1 Å². The summed E-state index contributed by atoms with van der Waals surface area (Å²) < 4.78 is 7.28. The van der Waals surface area contributed by atoms with E-state index in [1.165, 1.54) is 6.20 Å². The molecule has 27 heavy (non-hydrogen) atoms. The number of nitrogens with two attached hydrogens (primary N) is 1. The van der Waals surface area contributed by atoms with Crippen molar-refractivity contribution in [1.82, 2.24) is 19.9 Å². The number of primary amides is 1. The molecule has 1 atom stereocenters. The molecule has 0 fully saturated rings. The van der Waals surface area contributed by atoms with Crippen LogP contribution in [0.4, 0.5) is 0 Å². The second-order valence-corrected chi connectivity index (χ2v) is 6.71. The van der Waals surface area contributed by atoms with E-state index in [9.17, 15) is 9.59 Å². The summed E-state index contributed by atoms with van der Waals surface area (Å²) in [7, 11) is 1.81. The van der Waals surface area contributed by atoms with Gasteiger partial charge in [0.1, 0.15) is 5.69 Å². The maximum Gasteiger partial charge on any atom is 0.286 e. The normalized spacial score (nSPS) is 15.9. The Balaban J connectivity index is 1.63. The Hall–Kier alpha value is -3.13. The standard InChI is InChI=1S/C18H16ClN5O3/c1-24-13-7-10(19)3-2-9(13)6-14(24)17(26)22-12-4-5-27-18-11(12)8-21-16(23-18)15(20)25/h2-3,6-8,12H,4-5H2,1H3,(H2,20,25)(H,22,26). The summed E-state index contributed by atoms with van der Waals surface area (Å²) >= 11 is 6.05. The first-order valence-electron chi connectivity index (χ1n) is 8.29. The van der Waals surface area contributed by atoms with Crippen LogP contribution < -0.4 is 15.8 Å². The highest BCUT2D eigenvalue weighted by molar-refractivity contribution is 6.31. The lowest BCUT2D eigenvalue weighted by Gasteiger charge is -2.25. The molecule has 4 rings (SSSR count). The van der Waals surface area contributed by atoms with E-state index in [1.54, 1.807) is 10.6 Å². The minimum atomic E-state index is -0.735. The zero-order valence-electron chi connectivity index (χ0n) is 14.4. The van der Waals surface area contributed by atoms with E-state index >= 15 is 0 Å². The Morgan fingerprint density at radius 2 is 2.19 bits per heavy atom. The predicted molar refractivity (Wildman–Crippen MR) is 98.8 cm³/mol. The van der Waals surface area contributed by atoms with E-state index in [1.807, 2.05) is 25.2 Å². The van der Waals surface area contributed by atoms with Crippen LogP contribution in [0.1, 0.15) is 39.1 Å². The van der Waals surface area contributed by atoms with Crippen LogP contribution in [0.2, 0.25) is 5.02 Å². The molecule has 2 amide bonds. The number of fused-ring (bicyclic) bond motifs is 2. The van der Waals surface area contributed by atoms with Gasteiger partial charge in [-0.25, -0.2) is 4.98 Å². The number of nitrogens with one attached hydrogen (secondary N) is 1. The number of halogens is 1. The number of carbonyl (C=O) groups excluding carboxylic acids is 2. The summed E-state index contributed by atoms with van der Waals surface area (Å²) in [6.07, 6.45) is 2.03. The smallest absolute Gasteiger partial charge is 0.286 e. The van der Waals surface area contributed by atoms with Crippen molar-refractivity contribution in [2.24, 2.45) is 12.8 Å². The summed E-state index contributed by atoms with van der Waals surface area (Å²) in [5, 5.41) is 4.52. The molecule has 1 unspecified atom stereocenters. The number of aromatic nitrogens is 3. The maximum atomic E-state index is 12.9. The van der Waals surface area contributed by atoms with Crippen molar-refractivity contribution in [3.05, 3.63) is 52.6 Å². The first kappa shape index (κ1) is 17.3. The van der Waals surface area contributed by atoms with Crippen molar-refractivity contribution < 1.29 is 14.3 Å². The van der Waals surface area contributed by atoms with Crippen molar-refractivity contribution >= 4 is 34.3 Å². The largest absolute Gasteiger partial charge is 0.477 e. The number of aryl methyl sites for hydroxylation is 1. The summed E-state index contributed by atoms with van der Waals surface area (Å²) in [6.45, 7) is 0.359. The maximum absolute atomic E-state index is 12.9. The number of ether oxygens (including phenoxy) is 1. The molecule has 3 heterocycles. The highest BCUT2D eigenvalue weighted by Gasteiger charge is 2.27. The molecule has 0 radical (unpaired) electrons. The van der Waals surface area contributed by atoms with Crippen molar-refractivity contribution in [3.8, 4) is 5.88 Å². The second-order valence-electron chi connectivity index (χ2n) is 6.27. The van der Waals surface area contributed by atoms with Crippen molar-refractivity contribution in [3.63, 3.8) is 0 Å². The number of carbonyl (C=O) groups is 2. The van der Waals surface area contributed by atoms with E-state index in [0.29, 0.717) is 29.3 Å². The van der Waals surface area contributed by atoms with Crippen LogP contribution in [0.25, 0.3) is 10.9 Å². The molecular formula is C18H16ClN5O3. The summed E-state index contributed by atoms with van der Waals surface area (Å²) in [6, 6.07) is 6.96. The third-order valence-electron chi connectivity index (χ3n) is 4.57. The minimum absolute atomic E-state index is 0.119. The van der Waals surface area contributed by atoms with Crippen LogP contribution in [-0.2, 0) is 7.05 Å². The van der Waals surface area contributed by atoms with Crippen LogP contribution in [0.15, 0.2) is 30.5 Å². The lowest BCUT2D eigenvalue weighted by Crippen LogP contribution is -2.34. The molecule has 2 aromatic heterocycles. The molecule has 9 heteroatoms. The number of hydrogen-bond donors (Lipinski definition) is 2. The lowest BCUT2D eigenvalue weighted by molar-refractivity contribution is 0.0912. The molecule has 0 aliphatic carbocycles. The van der Waals surface area contributed by atoms with Crippen LogP contribution in [-0.4, -0.2) is 33.0 Å². The third-order valence-corrected chi connectivity index (χ3v) is 4.80. The topological polar surface area (TPSA) is 112 Å². The number of amides is 2. The lowest BCUT2D eigenvalue weighted by atomic mass is 10.0. The highest BCUT2D eigenvalue weighted by atomic mass is 35.5. The molecule has 0 saturated carbocycles. The molecule has 0 bridgehead atoms. The van der Waals surface area contributed by atoms with Gasteiger partial charge in [0.2, 0.25) is 11.7 Å². The van der Waals surface area contributed by atoms with E-state index in [-0.39, 0.29) is 23.7 Å². The summed E-state index contributed by atoms with van der Waals surface area (Å²) in [4.78, 5) is 32.1. The number of benzene rings is 1. The Kier molecular flexibility index (Phi) is 4.19. The van der Waals surface area contributed by atoms with Crippen molar-refractivity contribution in [2.75, 3.05) is 6.61 Å². The zero-order chi connectivity index (χ0) is 19.1. The van der Waals surface area contributed by atoms with Gasteiger partial charge in [0.15, 0.2) is 0 Å². The molecule has 1 aromatic carbocycles. The van der Waals surface area contributed by atoms with Gasteiger partial charge >= 0.3 is 0 Å². The molecular weight excluding hydrogens is 370 g/mol. The molecule has 3 aromatic rings. The van der Waals surface area contributed by atoms with E-state index < -0.39 is 5.91 Å². The van der Waals surface area contributed by atoms with Gasteiger partial charge in [-0.2, -0.15) is 4.98 Å². The van der Waals surface area contributed by atoms with Gasteiger partial charge in [0.05, 0.1) is 18.2 Å². The van der Waals surface area contributed by atoms with Gasteiger partial charge in [0, 0.05) is 35.6 Å². The predicted octanol–water partition coefficient (Wildman–Crippen LogP) is 1.97. The zero-order valence-corrected chi connectivity index (χ0v) is 15.2. The van der Waals surface area contributed by atoms with Gasteiger partial charge < -0.3 is 20.4 Å². The molecule has 138 valence electrons. The van der Waals surface area contributed by atoms with Gasteiger partial charge in [0.25, 0.3) is 11.8 Å². The minimum Gasteiger partial charge on any atom is -0.477 e. The van der Waals surface area contributed by atoms with Crippen LogP contribution >= 0.6 is 11.6 Å². The van der Waals surface area contributed by atoms with Gasteiger partial charge in [-0.15, -0.1) is 0 Å². The molecule has 3 N–H and O–H groups in total. The molecule has 1 aliphatic heterocycles. The molecule has 1 aliphatic rings. The SMILES string of the molecule is Cn1c(C(=O)NC2CCOc3nc(C(N)=O)ncc32)cc2ccc(Cl)cc21. The molecule has 0 saturated heterocycles. The monoisotopic (exact) mass is 385 g/mol. The Morgan fingerprint density at radius 3 is 2.96 bits per heavy atom. The third kappa shape index (κ3) is 3.08. The average molecular weight is 386 g/mol. The number of hydrogen-bond acceptors (Lipinski definition) is 5. The van der Waals surface area contributed by atoms with Gasteiger partial charge in [-0.05, 0) is 18.2 Å². The summed E-state index contributed by atoms with van der Waals surface area (Å²) in [5.74, 6) is -0.825. The Bertz CT molecular complexity index is 1080. The van der Waals surface area contributed by atoms with Crippen molar-refractivity contribution in [1.29, 1.82) is 0 Å². The quantitative estimate of drug-likeness (QED) is 0.715. The van der Waals surface area contributed by atoms with E-state index in [0.717, 1.165) is 10.9 Å². The van der Waals surface area contributed by atoms with Crippen LogP contribution in [0.5, 0.6) is 5.88 Å². The first-order valence-corrected chi connectivity index (χ1v) is 8.67. The van der Waals surface area contributed by atoms with Crippen LogP contribution in [0.3, 0.4) is 0 Å². The number of nitrogens with zero attached hydrogens (tertiary/aromatic N) is 3. The first-order chi connectivity index (χ1) is 12.9. The van der Waals surface area contributed by atoms with Crippen LogP contribution in [0, 0.1) is 0 Å². The molecule has 8 nitrogen and oxygen atoms in total. The highest BCUT2D eigenvalue weighted by Crippen LogP contribution is 2.30. The van der Waals surface area contributed by atoms with Gasteiger partial charge in [-0.1, -0.05) is 17.7 Å². The Morgan fingerprint density at radius 1 is 1.37 bits per heavy atom. The van der Waals surface area contributed by atoms with Crippen molar-refractivity contribution in [2.45, 2.75) is 12.5 Å². The fourth-order valence-corrected chi connectivity index (χ4v) is 3.35. The fraction of sp³-hybridized carbons (Fsp3) is 0.222. The summed E-state index contributed by atoms with van der Waals surface area (Å²) in [5.41, 5.74) is 7.19. The van der Waals surface area contributed by atoms with E-state index in [2.05, 4.69) is 15.3 Å². The number of rotatable bonds is 3. The molecule has 0 spiro atoms. The average Bonchev–Trinajstić information content (AvgIpc) is 2.98. The Labute approximate surface area is 159 Å². The second kappa shape index (κ2) is 6.55. The fourth-order valence-electron chi connectivity index (χ4n) is 3.18.